The molecule has 0 aromatic rings. The number of carboxylic acid groups (broad SMARTS) is 1. The number of rotatable bonds is 22. The van der Waals surface area contributed by atoms with Crippen molar-refractivity contribution in [2.75, 3.05) is 6.61 Å². The molecule has 0 rings (SSSR count). The lowest BCUT2D eigenvalue weighted by Gasteiger charge is -2.35. The number of hydrogen-bond donors (Lipinski definition) is 4. The normalized spacial score (nSPS) is 15.6. The molecule has 0 bridgehead atoms. The van der Waals surface area contributed by atoms with Crippen LogP contribution < -0.4 is 0 Å². The standard InChI is InChI=1S/C25H50O5/c1-3-5-6-7-8-9-10-11-12-13-14-15-16-17-18-25(30,23(27)21-26)20-22(4-2)19-24(28)29/h22-23,26-27,30H,3-21H2,1-2H3,(H,28,29). The van der Waals surface area contributed by atoms with Gasteiger partial charge in [-0.25, -0.2) is 0 Å². The zero-order valence-electron chi connectivity index (χ0n) is 19.8. The minimum atomic E-state index is -1.40. The smallest absolute Gasteiger partial charge is 0.303 e. The summed E-state index contributed by atoms with van der Waals surface area (Å²) in [5.41, 5.74) is -1.40. The zero-order chi connectivity index (χ0) is 22.7. The number of carbonyl (C=O) groups is 1. The quantitative estimate of drug-likeness (QED) is 0.162. The van der Waals surface area contributed by atoms with E-state index >= 15 is 0 Å². The Balaban J connectivity index is 3.90. The fourth-order valence-electron chi connectivity index (χ4n) is 4.31. The van der Waals surface area contributed by atoms with Crippen LogP contribution in [-0.2, 0) is 4.79 Å². The summed E-state index contributed by atoms with van der Waals surface area (Å²) in [6, 6.07) is 0. The molecule has 30 heavy (non-hydrogen) atoms. The van der Waals surface area contributed by atoms with E-state index in [1.165, 1.54) is 70.6 Å². The first-order valence-corrected chi connectivity index (χ1v) is 12.6. The van der Waals surface area contributed by atoms with E-state index in [-0.39, 0.29) is 18.8 Å². The number of aliphatic carboxylic acids is 1. The molecule has 0 radical (unpaired) electrons. The van der Waals surface area contributed by atoms with Crippen LogP contribution in [0.5, 0.6) is 0 Å². The summed E-state index contributed by atoms with van der Waals surface area (Å²) in [4.78, 5) is 11.0. The van der Waals surface area contributed by atoms with Gasteiger partial charge in [-0.15, -0.1) is 0 Å². The molecule has 0 spiro atoms. The van der Waals surface area contributed by atoms with Gasteiger partial charge in [-0.05, 0) is 18.8 Å². The van der Waals surface area contributed by atoms with E-state index in [4.69, 9.17) is 5.11 Å². The highest BCUT2D eigenvalue weighted by Crippen LogP contribution is 2.30. The summed E-state index contributed by atoms with van der Waals surface area (Å²) in [7, 11) is 0. The molecule has 0 fully saturated rings. The average Bonchev–Trinajstić information content (AvgIpc) is 2.72. The van der Waals surface area contributed by atoms with Crippen molar-refractivity contribution in [1.82, 2.24) is 0 Å². The first-order chi connectivity index (χ1) is 14.4. The van der Waals surface area contributed by atoms with Crippen LogP contribution in [0.2, 0.25) is 0 Å². The Kier molecular flexibility index (Phi) is 18.7. The minimum Gasteiger partial charge on any atom is -0.481 e. The molecule has 0 amide bonds. The fraction of sp³-hybridized carbons (Fsp3) is 0.960. The number of aliphatic hydroxyl groups is 3. The molecule has 0 saturated heterocycles. The predicted molar refractivity (Wildman–Crippen MR) is 124 cm³/mol. The van der Waals surface area contributed by atoms with Crippen molar-refractivity contribution >= 4 is 5.97 Å². The van der Waals surface area contributed by atoms with Gasteiger partial charge in [0.1, 0.15) is 6.10 Å². The van der Waals surface area contributed by atoms with Crippen LogP contribution >= 0.6 is 0 Å². The van der Waals surface area contributed by atoms with Crippen molar-refractivity contribution in [3.63, 3.8) is 0 Å². The van der Waals surface area contributed by atoms with E-state index in [1.807, 2.05) is 6.92 Å². The Morgan fingerprint density at radius 3 is 1.60 bits per heavy atom. The van der Waals surface area contributed by atoms with Crippen LogP contribution in [-0.4, -0.2) is 44.7 Å². The highest BCUT2D eigenvalue weighted by Gasteiger charge is 2.37. The number of aliphatic hydroxyl groups excluding tert-OH is 2. The third-order valence-corrected chi connectivity index (χ3v) is 6.44. The average molecular weight is 431 g/mol. The highest BCUT2D eigenvalue weighted by atomic mass is 16.4. The Hall–Kier alpha value is -0.650. The van der Waals surface area contributed by atoms with Gasteiger partial charge in [0.15, 0.2) is 0 Å². The first-order valence-electron chi connectivity index (χ1n) is 12.6. The Bertz CT molecular complexity index is 401. The van der Waals surface area contributed by atoms with Crippen LogP contribution in [0.4, 0.5) is 0 Å². The van der Waals surface area contributed by atoms with Crippen LogP contribution in [0.3, 0.4) is 0 Å². The van der Waals surface area contributed by atoms with Crippen molar-refractivity contribution in [1.29, 1.82) is 0 Å². The SMILES string of the molecule is CCCCCCCCCCCCCCCCC(O)(CC(CC)CC(=O)O)C(O)CO. The lowest BCUT2D eigenvalue weighted by atomic mass is 9.80. The van der Waals surface area contributed by atoms with Crippen molar-refractivity contribution in [2.45, 2.75) is 141 Å². The molecule has 5 nitrogen and oxygen atoms in total. The van der Waals surface area contributed by atoms with Gasteiger partial charge in [0.05, 0.1) is 12.2 Å². The molecule has 3 unspecified atom stereocenters. The molecule has 0 aliphatic carbocycles. The molecule has 0 heterocycles. The molecule has 0 aliphatic heterocycles. The second-order valence-corrected chi connectivity index (χ2v) is 9.22. The summed E-state index contributed by atoms with van der Waals surface area (Å²) >= 11 is 0. The van der Waals surface area contributed by atoms with Gasteiger partial charge in [0, 0.05) is 6.42 Å². The van der Waals surface area contributed by atoms with E-state index < -0.39 is 24.3 Å². The Morgan fingerprint density at radius 1 is 0.800 bits per heavy atom. The van der Waals surface area contributed by atoms with Gasteiger partial charge in [0.2, 0.25) is 0 Å². The van der Waals surface area contributed by atoms with Crippen LogP contribution in [0.25, 0.3) is 0 Å². The number of carboxylic acids is 1. The maximum absolute atomic E-state index is 11.0. The van der Waals surface area contributed by atoms with E-state index in [9.17, 15) is 20.1 Å². The topological polar surface area (TPSA) is 98.0 Å². The monoisotopic (exact) mass is 430 g/mol. The molecule has 0 saturated carbocycles. The third kappa shape index (κ3) is 15.2. The molecule has 3 atom stereocenters. The van der Waals surface area contributed by atoms with E-state index in [0.717, 1.165) is 19.3 Å². The summed E-state index contributed by atoms with van der Waals surface area (Å²) in [5, 5.41) is 39.3. The summed E-state index contributed by atoms with van der Waals surface area (Å²) in [6.45, 7) is 3.65. The lowest BCUT2D eigenvalue weighted by Crippen LogP contribution is -2.46. The Morgan fingerprint density at radius 2 is 1.23 bits per heavy atom. The molecule has 180 valence electrons. The Labute approximate surface area is 185 Å². The summed E-state index contributed by atoms with van der Waals surface area (Å²) in [6.07, 6.45) is 17.6. The van der Waals surface area contributed by atoms with Crippen LogP contribution in [0.1, 0.15) is 129 Å². The van der Waals surface area contributed by atoms with Gasteiger partial charge >= 0.3 is 5.97 Å². The highest BCUT2D eigenvalue weighted by molar-refractivity contribution is 5.67. The molecular weight excluding hydrogens is 380 g/mol. The van der Waals surface area contributed by atoms with Gasteiger partial charge in [-0.2, -0.15) is 0 Å². The van der Waals surface area contributed by atoms with Crippen molar-refractivity contribution in [3.8, 4) is 0 Å². The lowest BCUT2D eigenvalue weighted by molar-refractivity contribution is -0.140. The maximum atomic E-state index is 11.0. The van der Waals surface area contributed by atoms with Crippen LogP contribution in [0, 0.1) is 5.92 Å². The van der Waals surface area contributed by atoms with E-state index in [0.29, 0.717) is 12.8 Å². The van der Waals surface area contributed by atoms with Crippen molar-refractivity contribution in [2.24, 2.45) is 5.92 Å². The maximum Gasteiger partial charge on any atom is 0.303 e. The largest absolute Gasteiger partial charge is 0.481 e. The van der Waals surface area contributed by atoms with Gasteiger partial charge in [-0.3, -0.25) is 4.79 Å². The van der Waals surface area contributed by atoms with E-state index in [1.54, 1.807) is 0 Å². The number of unbranched alkanes of at least 4 members (excludes halogenated alkanes) is 13. The summed E-state index contributed by atoms with van der Waals surface area (Å²) < 4.78 is 0. The second-order valence-electron chi connectivity index (χ2n) is 9.22. The van der Waals surface area contributed by atoms with Gasteiger partial charge in [-0.1, -0.05) is 110 Å². The molecule has 5 heteroatoms. The predicted octanol–water partition coefficient (Wildman–Crippen LogP) is 5.83. The van der Waals surface area contributed by atoms with Gasteiger partial charge < -0.3 is 20.4 Å². The number of hydrogen-bond acceptors (Lipinski definition) is 4. The van der Waals surface area contributed by atoms with Crippen molar-refractivity contribution in [3.05, 3.63) is 0 Å². The molecular formula is C25H50O5. The molecule has 0 aliphatic rings. The second kappa shape index (κ2) is 19.1. The van der Waals surface area contributed by atoms with E-state index in [2.05, 4.69) is 6.92 Å². The molecule has 0 aromatic carbocycles. The first kappa shape index (κ1) is 29.4. The minimum absolute atomic E-state index is 0.0182. The van der Waals surface area contributed by atoms with Crippen molar-refractivity contribution < 1.29 is 25.2 Å². The fourth-order valence-corrected chi connectivity index (χ4v) is 4.31. The molecule has 0 aromatic heterocycles. The molecule has 4 N–H and O–H groups in total. The summed E-state index contributed by atoms with van der Waals surface area (Å²) in [5.74, 6) is -1.08. The van der Waals surface area contributed by atoms with Crippen LogP contribution in [0.15, 0.2) is 0 Å². The zero-order valence-corrected chi connectivity index (χ0v) is 19.8. The third-order valence-electron chi connectivity index (χ3n) is 6.44. The van der Waals surface area contributed by atoms with Gasteiger partial charge in [0.25, 0.3) is 0 Å².